The summed E-state index contributed by atoms with van der Waals surface area (Å²) in [5.74, 6) is 0. The molecule has 0 amide bonds. The van der Waals surface area contributed by atoms with Crippen molar-refractivity contribution in [3.63, 3.8) is 0 Å². The van der Waals surface area contributed by atoms with Crippen LogP contribution in [0.2, 0.25) is 0 Å². The first-order chi connectivity index (χ1) is 14.0. The zero-order chi connectivity index (χ0) is 21.4. The van der Waals surface area contributed by atoms with Crippen LogP contribution in [0, 0.1) is 5.41 Å². The third kappa shape index (κ3) is 11.2. The molecule has 0 aromatic heterocycles. The number of nitrogens with zero attached hydrogens (tertiary/aromatic N) is 1. The van der Waals surface area contributed by atoms with Crippen LogP contribution in [0.3, 0.4) is 0 Å². The maximum Gasteiger partial charge on any atom is 0.106 e. The molecule has 0 atom stereocenters. The fourth-order valence-corrected chi connectivity index (χ4v) is 4.69. The fourth-order valence-electron chi connectivity index (χ4n) is 4.69. The predicted octanol–water partition coefficient (Wildman–Crippen LogP) is 8.23. The van der Waals surface area contributed by atoms with E-state index in [1.807, 2.05) is 0 Å². The van der Waals surface area contributed by atoms with Crippen molar-refractivity contribution in [2.24, 2.45) is 10.6 Å². The van der Waals surface area contributed by atoms with Crippen LogP contribution >= 0.6 is 0 Å². The summed E-state index contributed by atoms with van der Waals surface area (Å²) in [6.07, 6.45) is 21.4. The van der Waals surface area contributed by atoms with Gasteiger partial charge in [-0.15, -0.1) is 0 Å². The zero-order valence-electron chi connectivity index (χ0n) is 20.3. The van der Waals surface area contributed by atoms with Crippen molar-refractivity contribution in [1.82, 2.24) is 0 Å². The molecule has 3 heteroatoms. The van der Waals surface area contributed by atoms with Crippen LogP contribution in [0.1, 0.15) is 124 Å². The van der Waals surface area contributed by atoms with Gasteiger partial charge in [0.2, 0.25) is 0 Å². The van der Waals surface area contributed by atoms with E-state index in [0.717, 1.165) is 18.7 Å². The Morgan fingerprint density at radius 3 is 1.72 bits per heavy atom. The lowest BCUT2D eigenvalue weighted by atomic mass is 9.70. The van der Waals surface area contributed by atoms with E-state index in [4.69, 9.17) is 9.57 Å². The van der Waals surface area contributed by atoms with Gasteiger partial charge in [0.05, 0.1) is 5.71 Å². The lowest BCUT2D eigenvalue weighted by Gasteiger charge is -2.35. The Morgan fingerprint density at radius 1 is 0.759 bits per heavy atom. The monoisotopic (exact) mass is 407 g/mol. The minimum absolute atomic E-state index is 0.320. The van der Waals surface area contributed by atoms with Crippen LogP contribution < -0.4 is 0 Å². The molecule has 0 N–H and O–H groups in total. The second-order valence-corrected chi connectivity index (χ2v) is 9.55. The smallest absolute Gasteiger partial charge is 0.106 e. The molecule has 0 aromatic rings. The number of oxime groups is 1. The van der Waals surface area contributed by atoms with E-state index in [1.165, 1.54) is 102 Å². The van der Waals surface area contributed by atoms with E-state index in [9.17, 15) is 0 Å². The van der Waals surface area contributed by atoms with Gasteiger partial charge in [-0.1, -0.05) is 95.2 Å². The van der Waals surface area contributed by atoms with Gasteiger partial charge in [-0.3, -0.25) is 0 Å². The van der Waals surface area contributed by atoms with E-state index in [1.54, 1.807) is 19.8 Å². The van der Waals surface area contributed by atoms with Crippen molar-refractivity contribution < 1.29 is 9.57 Å². The van der Waals surface area contributed by atoms with Crippen LogP contribution in [-0.4, -0.2) is 26.5 Å². The summed E-state index contributed by atoms with van der Waals surface area (Å²) in [6, 6.07) is 0. The highest BCUT2D eigenvalue weighted by atomic mass is 16.6. The van der Waals surface area contributed by atoms with E-state index >= 15 is 0 Å². The highest BCUT2D eigenvalue weighted by Crippen LogP contribution is 2.41. The molecule has 0 bridgehead atoms. The van der Waals surface area contributed by atoms with Crippen molar-refractivity contribution in [3.8, 4) is 0 Å². The molecule has 0 spiro atoms. The summed E-state index contributed by atoms with van der Waals surface area (Å²) >= 11 is 0. The van der Waals surface area contributed by atoms with Crippen LogP contribution in [0.25, 0.3) is 0 Å². The first kappa shape index (κ1) is 26.2. The number of methoxy groups -OCH3 is 1. The maximum absolute atomic E-state index is 5.10. The van der Waals surface area contributed by atoms with Crippen LogP contribution in [-0.2, 0) is 9.57 Å². The summed E-state index contributed by atoms with van der Waals surface area (Å²) in [7, 11) is 3.45. The Morgan fingerprint density at radius 2 is 1.24 bits per heavy atom. The third-order valence-electron chi connectivity index (χ3n) is 6.67. The Labute approximate surface area is 181 Å². The molecule has 1 aliphatic carbocycles. The Kier molecular flexibility index (Phi) is 14.4. The molecule has 0 unspecified atom stereocenters. The molecule has 1 aliphatic rings. The summed E-state index contributed by atoms with van der Waals surface area (Å²) in [6.45, 7) is 7.97. The minimum Gasteiger partial charge on any atom is -0.399 e. The number of hydrogen-bond acceptors (Lipinski definition) is 3. The second kappa shape index (κ2) is 15.9. The molecule has 0 heterocycles. The molecule has 0 radical (unpaired) electrons. The maximum atomic E-state index is 5.10. The summed E-state index contributed by atoms with van der Waals surface area (Å²) in [5, 5.41) is 4.26. The van der Waals surface area contributed by atoms with E-state index < -0.39 is 0 Å². The molecule has 0 saturated carbocycles. The van der Waals surface area contributed by atoms with Crippen molar-refractivity contribution in [2.75, 3.05) is 20.8 Å². The van der Waals surface area contributed by atoms with Gasteiger partial charge < -0.3 is 9.57 Å². The molecule has 0 saturated heterocycles. The van der Waals surface area contributed by atoms with Gasteiger partial charge in [0.1, 0.15) is 7.11 Å². The van der Waals surface area contributed by atoms with E-state index in [2.05, 4.69) is 25.9 Å². The van der Waals surface area contributed by atoms with E-state index in [-0.39, 0.29) is 0 Å². The van der Waals surface area contributed by atoms with Crippen LogP contribution in [0.15, 0.2) is 16.3 Å². The first-order valence-corrected chi connectivity index (χ1v) is 12.3. The number of ether oxygens (including phenoxy) is 1. The molecule has 29 heavy (non-hydrogen) atoms. The van der Waals surface area contributed by atoms with Gasteiger partial charge in [-0.2, -0.15) is 0 Å². The summed E-state index contributed by atoms with van der Waals surface area (Å²) in [4.78, 5) is 5.05. The number of allylic oxidation sites excluding steroid dienone is 2. The highest BCUT2D eigenvalue weighted by molar-refractivity contribution is 6.01. The molecule has 1 rings (SSSR count). The predicted molar refractivity (Wildman–Crippen MR) is 127 cm³/mol. The Bertz CT molecular complexity index is 479. The minimum atomic E-state index is 0.320. The Hall–Kier alpha value is -0.830. The largest absolute Gasteiger partial charge is 0.399 e. The van der Waals surface area contributed by atoms with Crippen molar-refractivity contribution >= 4 is 5.71 Å². The molecular formula is C26H49NO2. The molecule has 0 aliphatic heterocycles. The van der Waals surface area contributed by atoms with Gasteiger partial charge >= 0.3 is 0 Å². The topological polar surface area (TPSA) is 30.8 Å². The Balaban J connectivity index is 2.04. The molecule has 3 nitrogen and oxygen atoms in total. The van der Waals surface area contributed by atoms with E-state index in [0.29, 0.717) is 5.41 Å². The normalized spacial score (nSPS) is 17.9. The van der Waals surface area contributed by atoms with Crippen molar-refractivity contribution in [3.05, 3.63) is 11.1 Å². The van der Waals surface area contributed by atoms with Crippen LogP contribution in [0.5, 0.6) is 0 Å². The van der Waals surface area contributed by atoms with Gasteiger partial charge in [-0.25, -0.2) is 0 Å². The lowest BCUT2D eigenvalue weighted by molar-refractivity contribution is 0.192. The average Bonchev–Trinajstić information content (AvgIpc) is 2.69. The molecule has 0 fully saturated rings. The number of rotatable bonds is 17. The quantitative estimate of drug-likeness (QED) is 0.179. The lowest BCUT2D eigenvalue weighted by Crippen LogP contribution is -2.25. The molecular weight excluding hydrogens is 358 g/mol. The number of hydrogen-bond donors (Lipinski definition) is 0. The summed E-state index contributed by atoms with van der Waals surface area (Å²) < 4.78 is 5.10. The third-order valence-corrected chi connectivity index (χ3v) is 6.67. The standard InChI is InChI=1S/C26H49NO2/c1-23-24(26(2,3)21-20-25(23)27-29-5)19-17-15-13-11-9-7-6-8-10-12-14-16-18-22-28-4/h6-22H2,1-5H3. The fraction of sp³-hybridized carbons (Fsp3) is 0.885. The molecule has 0 aromatic carbocycles. The van der Waals surface area contributed by atoms with Crippen molar-refractivity contribution in [1.29, 1.82) is 0 Å². The number of unbranched alkanes of at least 4 members (excludes halogenated alkanes) is 12. The van der Waals surface area contributed by atoms with Crippen LogP contribution in [0.4, 0.5) is 0 Å². The first-order valence-electron chi connectivity index (χ1n) is 12.3. The van der Waals surface area contributed by atoms with Gasteiger partial charge in [0.25, 0.3) is 0 Å². The highest BCUT2D eigenvalue weighted by Gasteiger charge is 2.30. The summed E-state index contributed by atoms with van der Waals surface area (Å²) in [5.41, 5.74) is 4.49. The van der Waals surface area contributed by atoms with Gasteiger partial charge in [0.15, 0.2) is 0 Å². The SMILES string of the molecule is COCCCCCCCCCCCCCCCC1=C(C)C(=NOC)CCC1(C)C. The van der Waals surface area contributed by atoms with Crippen molar-refractivity contribution in [2.45, 2.75) is 124 Å². The average molecular weight is 408 g/mol. The molecule has 170 valence electrons. The second-order valence-electron chi connectivity index (χ2n) is 9.55. The van der Waals surface area contributed by atoms with Gasteiger partial charge in [0, 0.05) is 13.7 Å². The zero-order valence-corrected chi connectivity index (χ0v) is 20.3. The van der Waals surface area contributed by atoms with Gasteiger partial charge in [-0.05, 0) is 50.0 Å².